The lowest BCUT2D eigenvalue weighted by Crippen LogP contribution is -1.89. The van der Waals surface area contributed by atoms with Crippen LogP contribution in [0.5, 0.6) is 0 Å². The molecule has 3 nitrogen and oxygen atoms in total. The minimum atomic E-state index is 0.654. The third-order valence-corrected chi connectivity index (χ3v) is 3.68. The molecule has 0 aliphatic carbocycles. The van der Waals surface area contributed by atoms with Crippen LogP contribution in [0.15, 0.2) is 71.1 Å². The third kappa shape index (κ3) is 2.07. The molecular weight excluding hydrogens is 272 g/mol. The summed E-state index contributed by atoms with van der Waals surface area (Å²) < 4.78 is 5.82. The Morgan fingerprint density at radius 3 is 2.32 bits per heavy atom. The van der Waals surface area contributed by atoms with E-state index in [1.807, 2.05) is 42.5 Å². The number of hydrogen-bond acceptors (Lipinski definition) is 3. The van der Waals surface area contributed by atoms with Crippen LogP contribution in [0, 0.1) is 11.3 Å². The van der Waals surface area contributed by atoms with E-state index in [-0.39, 0.29) is 0 Å². The first-order valence-corrected chi connectivity index (χ1v) is 7.02. The van der Waals surface area contributed by atoms with Crippen molar-refractivity contribution in [3.63, 3.8) is 0 Å². The maximum absolute atomic E-state index is 8.83. The Hall–Kier alpha value is -3.25. The fourth-order valence-electron chi connectivity index (χ4n) is 2.60. The molecule has 4 aromatic rings. The van der Waals surface area contributed by atoms with Crippen LogP contribution in [-0.2, 0) is 0 Å². The van der Waals surface area contributed by atoms with Gasteiger partial charge in [0.15, 0.2) is 0 Å². The molecule has 0 saturated carbocycles. The van der Waals surface area contributed by atoms with E-state index in [0.717, 1.165) is 33.3 Å². The molecule has 0 aliphatic rings. The molecule has 1 heterocycles. The van der Waals surface area contributed by atoms with Gasteiger partial charge in [-0.1, -0.05) is 18.2 Å². The standard InChI is InChI=1S/C19H12N2O/c20-12-13-5-7-14(8-6-13)21-15-9-10-19-17(11-15)16-3-1-2-4-18(16)22-19/h1-11,21H. The average Bonchev–Trinajstić information content (AvgIpc) is 2.94. The summed E-state index contributed by atoms with van der Waals surface area (Å²) in [5.74, 6) is 0. The van der Waals surface area contributed by atoms with Crippen molar-refractivity contribution < 1.29 is 4.42 Å². The number of benzene rings is 3. The second-order valence-electron chi connectivity index (χ2n) is 5.12. The van der Waals surface area contributed by atoms with E-state index in [9.17, 15) is 0 Å². The topological polar surface area (TPSA) is 49.0 Å². The molecule has 0 saturated heterocycles. The minimum absolute atomic E-state index is 0.654. The summed E-state index contributed by atoms with van der Waals surface area (Å²) in [7, 11) is 0. The predicted molar refractivity (Wildman–Crippen MR) is 88.2 cm³/mol. The molecule has 0 amide bonds. The predicted octanol–water partition coefficient (Wildman–Crippen LogP) is 5.20. The van der Waals surface area contributed by atoms with Crippen molar-refractivity contribution in [2.45, 2.75) is 0 Å². The van der Waals surface area contributed by atoms with Crippen LogP contribution < -0.4 is 5.32 Å². The van der Waals surface area contributed by atoms with Gasteiger partial charge >= 0.3 is 0 Å². The number of nitrogens with zero attached hydrogens (tertiary/aromatic N) is 1. The number of hydrogen-bond donors (Lipinski definition) is 1. The van der Waals surface area contributed by atoms with Gasteiger partial charge in [0.25, 0.3) is 0 Å². The molecule has 1 aromatic heterocycles. The van der Waals surface area contributed by atoms with E-state index in [1.165, 1.54) is 0 Å². The fourth-order valence-corrected chi connectivity index (χ4v) is 2.60. The van der Waals surface area contributed by atoms with Crippen molar-refractivity contribution >= 4 is 33.3 Å². The Morgan fingerprint density at radius 2 is 1.50 bits per heavy atom. The number of furan rings is 1. The first-order chi connectivity index (χ1) is 10.8. The van der Waals surface area contributed by atoms with Crippen molar-refractivity contribution in [2.24, 2.45) is 0 Å². The molecular formula is C19H12N2O. The monoisotopic (exact) mass is 284 g/mol. The minimum Gasteiger partial charge on any atom is -0.456 e. The van der Waals surface area contributed by atoms with Crippen LogP contribution in [0.2, 0.25) is 0 Å². The van der Waals surface area contributed by atoms with E-state index in [2.05, 4.69) is 23.5 Å². The Morgan fingerprint density at radius 1 is 0.773 bits per heavy atom. The lowest BCUT2D eigenvalue weighted by atomic mass is 10.1. The third-order valence-electron chi connectivity index (χ3n) is 3.68. The van der Waals surface area contributed by atoms with Crippen LogP contribution in [0.1, 0.15) is 5.56 Å². The summed E-state index contributed by atoms with van der Waals surface area (Å²) in [4.78, 5) is 0. The van der Waals surface area contributed by atoms with Crippen molar-refractivity contribution in [3.05, 3.63) is 72.3 Å². The van der Waals surface area contributed by atoms with E-state index < -0.39 is 0 Å². The van der Waals surface area contributed by atoms with Crippen molar-refractivity contribution in [2.75, 3.05) is 5.32 Å². The molecule has 0 spiro atoms. The number of nitriles is 1. The number of anilines is 2. The zero-order valence-corrected chi connectivity index (χ0v) is 11.7. The summed E-state index contributed by atoms with van der Waals surface area (Å²) in [6.07, 6.45) is 0. The Balaban J connectivity index is 1.75. The van der Waals surface area contributed by atoms with Gasteiger partial charge in [-0.3, -0.25) is 0 Å². The van der Waals surface area contributed by atoms with Gasteiger partial charge in [-0.25, -0.2) is 0 Å². The number of para-hydroxylation sites is 1. The SMILES string of the molecule is N#Cc1ccc(Nc2ccc3oc4ccccc4c3c2)cc1. The van der Waals surface area contributed by atoms with Crippen LogP contribution in [-0.4, -0.2) is 0 Å². The molecule has 0 radical (unpaired) electrons. The van der Waals surface area contributed by atoms with E-state index in [0.29, 0.717) is 5.56 Å². The van der Waals surface area contributed by atoms with Gasteiger partial charge in [0.2, 0.25) is 0 Å². The van der Waals surface area contributed by atoms with Crippen LogP contribution in [0.3, 0.4) is 0 Å². The first kappa shape index (κ1) is 12.5. The van der Waals surface area contributed by atoms with E-state index in [4.69, 9.17) is 9.68 Å². The summed E-state index contributed by atoms with van der Waals surface area (Å²) in [5, 5.41) is 14.4. The van der Waals surface area contributed by atoms with Gasteiger partial charge < -0.3 is 9.73 Å². The van der Waals surface area contributed by atoms with Crippen molar-refractivity contribution in [1.82, 2.24) is 0 Å². The van der Waals surface area contributed by atoms with Crippen LogP contribution in [0.25, 0.3) is 21.9 Å². The molecule has 0 aliphatic heterocycles. The fraction of sp³-hybridized carbons (Fsp3) is 0. The summed E-state index contributed by atoms with van der Waals surface area (Å²) in [6, 6.07) is 23.6. The lowest BCUT2D eigenvalue weighted by Gasteiger charge is -2.06. The second-order valence-corrected chi connectivity index (χ2v) is 5.12. The number of fused-ring (bicyclic) bond motifs is 3. The van der Waals surface area contributed by atoms with Gasteiger partial charge in [-0.2, -0.15) is 5.26 Å². The molecule has 1 N–H and O–H groups in total. The molecule has 3 aromatic carbocycles. The summed E-state index contributed by atoms with van der Waals surface area (Å²) >= 11 is 0. The molecule has 22 heavy (non-hydrogen) atoms. The summed E-state index contributed by atoms with van der Waals surface area (Å²) in [6.45, 7) is 0. The maximum atomic E-state index is 8.83. The molecule has 3 heteroatoms. The highest BCUT2D eigenvalue weighted by Gasteiger charge is 2.06. The first-order valence-electron chi connectivity index (χ1n) is 7.02. The van der Waals surface area contributed by atoms with Gasteiger partial charge in [0, 0.05) is 22.1 Å². The zero-order chi connectivity index (χ0) is 14.9. The van der Waals surface area contributed by atoms with E-state index in [1.54, 1.807) is 12.1 Å². The lowest BCUT2D eigenvalue weighted by molar-refractivity contribution is 0.669. The van der Waals surface area contributed by atoms with Crippen molar-refractivity contribution in [3.8, 4) is 6.07 Å². The van der Waals surface area contributed by atoms with Crippen LogP contribution >= 0.6 is 0 Å². The van der Waals surface area contributed by atoms with Crippen LogP contribution in [0.4, 0.5) is 11.4 Å². The largest absolute Gasteiger partial charge is 0.456 e. The highest BCUT2D eigenvalue weighted by Crippen LogP contribution is 2.31. The molecule has 0 unspecified atom stereocenters. The quantitative estimate of drug-likeness (QED) is 0.550. The second kappa shape index (κ2) is 4.94. The molecule has 0 fully saturated rings. The Bertz CT molecular complexity index is 1010. The van der Waals surface area contributed by atoms with Gasteiger partial charge in [-0.15, -0.1) is 0 Å². The van der Waals surface area contributed by atoms with E-state index >= 15 is 0 Å². The van der Waals surface area contributed by atoms with Gasteiger partial charge in [0.05, 0.1) is 11.6 Å². The van der Waals surface area contributed by atoms with Gasteiger partial charge in [-0.05, 0) is 48.5 Å². The number of rotatable bonds is 2. The Labute approximate surface area is 127 Å². The smallest absolute Gasteiger partial charge is 0.135 e. The molecule has 0 bridgehead atoms. The average molecular weight is 284 g/mol. The molecule has 104 valence electrons. The molecule has 0 atom stereocenters. The molecule has 4 rings (SSSR count). The van der Waals surface area contributed by atoms with Gasteiger partial charge in [0.1, 0.15) is 11.2 Å². The summed E-state index contributed by atoms with van der Waals surface area (Å²) in [5.41, 5.74) is 4.37. The normalized spacial score (nSPS) is 10.7. The zero-order valence-electron chi connectivity index (χ0n) is 11.7. The highest BCUT2D eigenvalue weighted by atomic mass is 16.3. The van der Waals surface area contributed by atoms with Crippen molar-refractivity contribution in [1.29, 1.82) is 5.26 Å². The highest BCUT2D eigenvalue weighted by molar-refractivity contribution is 6.06. The number of nitrogens with one attached hydrogen (secondary N) is 1. The maximum Gasteiger partial charge on any atom is 0.135 e. The Kier molecular flexibility index (Phi) is 2.80.